The molecule has 0 saturated carbocycles. The second kappa shape index (κ2) is 12.1. The van der Waals surface area contributed by atoms with Crippen molar-refractivity contribution in [1.82, 2.24) is 15.5 Å². The van der Waals surface area contributed by atoms with Gasteiger partial charge in [0.1, 0.15) is 11.5 Å². The van der Waals surface area contributed by atoms with Crippen molar-refractivity contribution in [2.45, 2.75) is 25.4 Å². The Balaban J connectivity index is 0.00000289. The standard InChI is InChI=1S/C23H32ClN5O2.HI/c1-17-6-7-22(31-17)21(28-10-12-30-13-11-28)15-26-23(25-2)27-19-8-9-29(16-19)20-5-3-4-18(24)14-20;/h3-7,14,19,21H,8-13,15-16H2,1-2H3,(H2,25,26,27);1H. The highest BCUT2D eigenvalue weighted by Gasteiger charge is 2.27. The van der Waals surface area contributed by atoms with Crippen LogP contribution in [-0.2, 0) is 4.74 Å². The van der Waals surface area contributed by atoms with Gasteiger partial charge in [-0.15, -0.1) is 24.0 Å². The monoisotopic (exact) mass is 573 g/mol. The summed E-state index contributed by atoms with van der Waals surface area (Å²) >= 11 is 6.16. The highest BCUT2D eigenvalue weighted by Crippen LogP contribution is 2.24. The Morgan fingerprint density at radius 2 is 2.03 bits per heavy atom. The summed E-state index contributed by atoms with van der Waals surface area (Å²) in [6, 6.07) is 12.6. The van der Waals surface area contributed by atoms with Crippen molar-refractivity contribution in [3.63, 3.8) is 0 Å². The van der Waals surface area contributed by atoms with Gasteiger partial charge < -0.3 is 24.7 Å². The van der Waals surface area contributed by atoms with Gasteiger partial charge in [0.25, 0.3) is 0 Å². The van der Waals surface area contributed by atoms with E-state index >= 15 is 0 Å². The Kier molecular flexibility index (Phi) is 9.51. The lowest BCUT2D eigenvalue weighted by Gasteiger charge is -2.33. The number of nitrogens with one attached hydrogen (secondary N) is 2. The van der Waals surface area contributed by atoms with Gasteiger partial charge in [0.05, 0.1) is 19.3 Å². The lowest BCUT2D eigenvalue weighted by molar-refractivity contribution is 0.0124. The third-order valence-corrected chi connectivity index (χ3v) is 6.20. The van der Waals surface area contributed by atoms with Crippen LogP contribution in [0.15, 0.2) is 45.8 Å². The van der Waals surface area contributed by atoms with E-state index in [1.807, 2.05) is 38.2 Å². The highest BCUT2D eigenvalue weighted by atomic mass is 127. The number of anilines is 1. The van der Waals surface area contributed by atoms with Gasteiger partial charge in [0.15, 0.2) is 5.96 Å². The molecular weight excluding hydrogens is 541 g/mol. The molecular formula is C23H33ClIN5O2. The number of guanidine groups is 1. The number of hydrogen-bond donors (Lipinski definition) is 2. The predicted octanol–water partition coefficient (Wildman–Crippen LogP) is 3.68. The number of nitrogens with zero attached hydrogens (tertiary/aromatic N) is 3. The fraction of sp³-hybridized carbons (Fsp3) is 0.522. The zero-order valence-electron chi connectivity index (χ0n) is 18.7. The molecule has 0 bridgehead atoms. The summed E-state index contributed by atoms with van der Waals surface area (Å²) in [6.45, 7) is 7.93. The topological polar surface area (TPSA) is 65.3 Å². The van der Waals surface area contributed by atoms with Gasteiger partial charge in [-0.2, -0.15) is 0 Å². The van der Waals surface area contributed by atoms with Crippen molar-refractivity contribution in [3.05, 3.63) is 52.9 Å². The molecule has 2 atom stereocenters. The summed E-state index contributed by atoms with van der Waals surface area (Å²) in [5, 5.41) is 7.88. The van der Waals surface area contributed by atoms with E-state index in [9.17, 15) is 0 Å². The molecule has 0 radical (unpaired) electrons. The Hall–Kier alpha value is -1.49. The summed E-state index contributed by atoms with van der Waals surface area (Å²) < 4.78 is 11.5. The Morgan fingerprint density at radius 1 is 1.22 bits per heavy atom. The van der Waals surface area contributed by atoms with Crippen LogP contribution >= 0.6 is 35.6 Å². The summed E-state index contributed by atoms with van der Waals surface area (Å²) in [7, 11) is 1.82. The van der Waals surface area contributed by atoms with E-state index in [-0.39, 0.29) is 30.0 Å². The van der Waals surface area contributed by atoms with E-state index in [4.69, 9.17) is 20.8 Å². The van der Waals surface area contributed by atoms with Gasteiger partial charge in [-0.05, 0) is 43.7 Å². The molecule has 32 heavy (non-hydrogen) atoms. The van der Waals surface area contributed by atoms with Crippen molar-refractivity contribution < 1.29 is 9.15 Å². The van der Waals surface area contributed by atoms with Gasteiger partial charge in [0.2, 0.25) is 0 Å². The number of aryl methyl sites for hydroxylation is 1. The van der Waals surface area contributed by atoms with Crippen molar-refractivity contribution in [1.29, 1.82) is 0 Å². The molecule has 176 valence electrons. The first kappa shape index (κ1) is 25.1. The molecule has 2 aromatic rings. The Labute approximate surface area is 212 Å². The molecule has 2 fully saturated rings. The van der Waals surface area contributed by atoms with E-state index in [2.05, 4.69) is 37.6 Å². The summed E-state index contributed by atoms with van der Waals surface area (Å²) in [5.41, 5.74) is 1.17. The fourth-order valence-electron chi connectivity index (χ4n) is 4.30. The third-order valence-electron chi connectivity index (χ3n) is 5.96. The van der Waals surface area contributed by atoms with Crippen LogP contribution in [0.2, 0.25) is 5.02 Å². The minimum Gasteiger partial charge on any atom is -0.465 e. The SMILES string of the molecule is CN=C(NCC(c1ccc(C)o1)N1CCOCC1)NC1CCN(c2cccc(Cl)c2)C1.I. The number of hydrogen-bond acceptors (Lipinski definition) is 5. The second-order valence-electron chi connectivity index (χ2n) is 8.12. The zero-order chi connectivity index (χ0) is 21.6. The van der Waals surface area contributed by atoms with Crippen LogP contribution in [0, 0.1) is 6.92 Å². The maximum atomic E-state index is 6.16. The quantitative estimate of drug-likeness (QED) is 0.312. The number of morpholine rings is 1. The molecule has 3 heterocycles. The van der Waals surface area contributed by atoms with E-state index in [0.717, 1.165) is 74.9 Å². The van der Waals surface area contributed by atoms with Crippen LogP contribution in [0.25, 0.3) is 0 Å². The summed E-state index contributed by atoms with van der Waals surface area (Å²) in [5.74, 6) is 2.73. The summed E-state index contributed by atoms with van der Waals surface area (Å²) in [4.78, 5) is 9.24. The first-order chi connectivity index (χ1) is 15.1. The number of aliphatic imine (C=N–C) groups is 1. The molecule has 1 aromatic carbocycles. The molecule has 0 aliphatic carbocycles. The van der Waals surface area contributed by atoms with Crippen molar-refractivity contribution in [2.24, 2.45) is 4.99 Å². The van der Waals surface area contributed by atoms with E-state index in [1.54, 1.807) is 0 Å². The van der Waals surface area contributed by atoms with E-state index in [0.29, 0.717) is 6.04 Å². The minimum atomic E-state index is 0. The van der Waals surface area contributed by atoms with Crippen LogP contribution in [0.4, 0.5) is 5.69 Å². The maximum Gasteiger partial charge on any atom is 0.191 e. The predicted molar refractivity (Wildman–Crippen MR) is 141 cm³/mol. The van der Waals surface area contributed by atoms with Crippen LogP contribution in [-0.4, -0.2) is 69.9 Å². The maximum absolute atomic E-state index is 6.16. The zero-order valence-corrected chi connectivity index (χ0v) is 21.8. The highest BCUT2D eigenvalue weighted by molar-refractivity contribution is 14.0. The number of ether oxygens (including phenoxy) is 1. The van der Waals surface area contributed by atoms with Crippen molar-refractivity contribution in [2.75, 3.05) is 57.9 Å². The van der Waals surface area contributed by atoms with Crippen LogP contribution in [0.3, 0.4) is 0 Å². The third kappa shape index (κ3) is 6.52. The minimum absolute atomic E-state index is 0. The van der Waals surface area contributed by atoms with Crippen molar-refractivity contribution >= 4 is 47.2 Å². The molecule has 1 aromatic heterocycles. The number of benzene rings is 1. The molecule has 0 spiro atoms. The average molecular weight is 574 g/mol. The van der Waals surface area contributed by atoms with Gasteiger partial charge in [0, 0.05) is 56.5 Å². The normalized spacial score (nSPS) is 20.7. The van der Waals surface area contributed by atoms with E-state index < -0.39 is 0 Å². The lowest BCUT2D eigenvalue weighted by atomic mass is 10.1. The van der Waals surface area contributed by atoms with Gasteiger partial charge in [-0.1, -0.05) is 17.7 Å². The van der Waals surface area contributed by atoms with Gasteiger partial charge >= 0.3 is 0 Å². The second-order valence-corrected chi connectivity index (χ2v) is 8.56. The lowest BCUT2D eigenvalue weighted by Crippen LogP contribution is -2.48. The number of furan rings is 1. The first-order valence-electron chi connectivity index (χ1n) is 11.0. The van der Waals surface area contributed by atoms with Crippen molar-refractivity contribution in [3.8, 4) is 0 Å². The largest absolute Gasteiger partial charge is 0.465 e. The average Bonchev–Trinajstić information content (AvgIpc) is 3.43. The molecule has 7 nitrogen and oxygen atoms in total. The molecule has 2 aliphatic heterocycles. The molecule has 2 aliphatic rings. The van der Waals surface area contributed by atoms with E-state index in [1.165, 1.54) is 5.69 Å². The molecule has 0 amide bonds. The fourth-order valence-corrected chi connectivity index (χ4v) is 4.48. The van der Waals surface area contributed by atoms with Gasteiger partial charge in [-0.25, -0.2) is 0 Å². The summed E-state index contributed by atoms with van der Waals surface area (Å²) in [6.07, 6.45) is 1.05. The molecule has 4 rings (SSSR count). The number of rotatable bonds is 6. The molecule has 2 saturated heterocycles. The molecule has 9 heteroatoms. The van der Waals surface area contributed by atoms with Gasteiger partial charge in [-0.3, -0.25) is 9.89 Å². The molecule has 2 N–H and O–H groups in total. The van der Waals surface area contributed by atoms with Crippen LogP contribution in [0.5, 0.6) is 0 Å². The smallest absolute Gasteiger partial charge is 0.191 e. The first-order valence-corrected chi connectivity index (χ1v) is 11.4. The number of halogens is 2. The Bertz CT molecular complexity index is 887. The molecule has 2 unspecified atom stereocenters. The van der Waals surface area contributed by atoms with Crippen LogP contribution in [0.1, 0.15) is 24.0 Å². The van der Waals surface area contributed by atoms with Crippen LogP contribution < -0.4 is 15.5 Å². The Morgan fingerprint density at radius 3 is 2.72 bits per heavy atom.